The van der Waals surface area contributed by atoms with E-state index in [0.717, 1.165) is 0 Å². The first-order valence-electron chi connectivity index (χ1n) is 11.6. The third-order valence-corrected chi connectivity index (χ3v) is 4.93. The van der Waals surface area contributed by atoms with E-state index < -0.39 is 54.9 Å². The van der Waals surface area contributed by atoms with E-state index in [2.05, 4.69) is 15.4 Å². The van der Waals surface area contributed by atoms with Crippen LogP contribution in [0, 0.1) is 11.8 Å². The second-order valence-corrected chi connectivity index (χ2v) is 9.32. The summed E-state index contributed by atoms with van der Waals surface area (Å²) in [5.74, 6) is -2.38. The predicted octanol–water partition coefficient (Wildman–Crippen LogP) is 4.94. The van der Waals surface area contributed by atoms with Gasteiger partial charge in [-0.1, -0.05) is 58.0 Å². The van der Waals surface area contributed by atoms with Crippen LogP contribution in [0.3, 0.4) is 0 Å². The Kier molecular flexibility index (Phi) is 12.4. The molecule has 0 aliphatic carbocycles. The highest BCUT2D eigenvalue weighted by atomic mass is 19.4. The topological polar surface area (TPSA) is 93.7 Å². The maximum atomic E-state index is 12.9. The maximum absolute atomic E-state index is 12.9. The van der Waals surface area contributed by atoms with Crippen LogP contribution in [0.25, 0.3) is 0 Å². The molecule has 13 heteroatoms. The summed E-state index contributed by atoms with van der Waals surface area (Å²) in [5, 5.41) is 4.73. The number of Topliss-reactive ketones (excluding diaryl/α,β-unsaturated/α-hetero) is 1. The van der Waals surface area contributed by atoms with Crippen LogP contribution in [0.15, 0.2) is 30.3 Å². The number of benzene rings is 1. The van der Waals surface area contributed by atoms with Crippen molar-refractivity contribution in [3.63, 3.8) is 0 Å². The van der Waals surface area contributed by atoms with Crippen LogP contribution < -0.4 is 10.6 Å². The molecule has 0 aliphatic rings. The minimum absolute atomic E-state index is 0.0753. The number of amides is 2. The van der Waals surface area contributed by atoms with Crippen LogP contribution in [0.1, 0.15) is 46.1 Å². The van der Waals surface area contributed by atoms with Crippen molar-refractivity contribution in [3.05, 3.63) is 35.9 Å². The van der Waals surface area contributed by atoms with Crippen molar-refractivity contribution in [1.82, 2.24) is 10.6 Å². The number of ketones is 1. The first kappa shape index (κ1) is 32.2. The molecule has 210 valence electrons. The fraction of sp³-hybridized carbons (Fsp3) is 0.625. The van der Waals surface area contributed by atoms with Gasteiger partial charge in [-0.2, -0.15) is 26.3 Å². The van der Waals surface area contributed by atoms with Gasteiger partial charge in [-0.15, -0.1) is 0 Å². The summed E-state index contributed by atoms with van der Waals surface area (Å²) in [6.45, 7) is 5.21. The smallest absolute Gasteiger partial charge is 0.423 e. The van der Waals surface area contributed by atoms with Gasteiger partial charge in [0.2, 0.25) is 12.0 Å². The van der Waals surface area contributed by atoms with Gasteiger partial charge in [0.15, 0.2) is 5.78 Å². The molecule has 0 radical (unpaired) electrons. The zero-order chi connectivity index (χ0) is 28.4. The maximum Gasteiger partial charge on any atom is 0.423 e. The summed E-state index contributed by atoms with van der Waals surface area (Å²) in [6.07, 6.45) is -16.6. The van der Waals surface area contributed by atoms with E-state index in [9.17, 15) is 40.7 Å². The van der Waals surface area contributed by atoms with Crippen LogP contribution in [-0.4, -0.2) is 54.9 Å². The van der Waals surface area contributed by atoms with Gasteiger partial charge >= 0.3 is 18.4 Å². The fourth-order valence-corrected chi connectivity index (χ4v) is 3.27. The number of alkyl halides is 6. The summed E-state index contributed by atoms with van der Waals surface area (Å²) in [4.78, 5) is 37.7. The lowest BCUT2D eigenvalue weighted by molar-refractivity contribution is -0.319. The second-order valence-electron chi connectivity index (χ2n) is 9.32. The second kappa shape index (κ2) is 14.2. The lowest BCUT2D eigenvalue weighted by atomic mass is 9.98. The molecule has 2 amide bonds. The molecule has 0 fully saturated rings. The highest BCUT2D eigenvalue weighted by Gasteiger charge is 2.58. The van der Waals surface area contributed by atoms with E-state index in [4.69, 9.17) is 4.74 Å². The number of hydrogen-bond acceptors (Lipinski definition) is 5. The third-order valence-electron chi connectivity index (χ3n) is 4.93. The van der Waals surface area contributed by atoms with E-state index in [1.54, 1.807) is 58.0 Å². The molecular weight excluding hydrogens is 510 g/mol. The summed E-state index contributed by atoms with van der Waals surface area (Å²) >= 11 is 0. The number of nitrogens with one attached hydrogen (secondary N) is 2. The number of hydrogen-bond donors (Lipinski definition) is 2. The lowest BCUT2D eigenvalue weighted by Crippen LogP contribution is -2.53. The van der Waals surface area contributed by atoms with Crippen molar-refractivity contribution in [2.24, 2.45) is 11.8 Å². The number of halogens is 6. The van der Waals surface area contributed by atoms with Gasteiger partial charge < -0.3 is 20.1 Å². The van der Waals surface area contributed by atoms with Crippen molar-refractivity contribution in [2.75, 3.05) is 6.61 Å². The molecule has 2 atom stereocenters. The molecular formula is C24H32F6N2O5. The molecule has 1 rings (SSSR count). The molecule has 0 saturated carbocycles. The van der Waals surface area contributed by atoms with Crippen LogP contribution in [0.4, 0.5) is 31.1 Å². The van der Waals surface area contributed by atoms with Crippen LogP contribution in [0.5, 0.6) is 0 Å². The minimum Gasteiger partial charge on any atom is -0.445 e. The number of carbonyl (C=O) groups excluding carboxylic acids is 3. The van der Waals surface area contributed by atoms with Crippen LogP contribution >= 0.6 is 0 Å². The van der Waals surface area contributed by atoms with Crippen molar-refractivity contribution >= 4 is 17.8 Å². The Hall–Kier alpha value is -2.83. The molecule has 0 bridgehead atoms. The van der Waals surface area contributed by atoms with E-state index >= 15 is 0 Å². The van der Waals surface area contributed by atoms with E-state index in [1.165, 1.54) is 0 Å². The van der Waals surface area contributed by atoms with Crippen LogP contribution in [0.2, 0.25) is 0 Å². The fourth-order valence-electron chi connectivity index (χ4n) is 3.27. The van der Waals surface area contributed by atoms with Crippen molar-refractivity contribution < 1.29 is 50.2 Å². The number of alkyl carbamates (subject to hydrolysis) is 1. The molecule has 2 N–H and O–H groups in total. The molecule has 1 aromatic rings. The summed E-state index contributed by atoms with van der Waals surface area (Å²) in [7, 11) is 0. The van der Waals surface area contributed by atoms with Gasteiger partial charge in [-0.25, -0.2) is 4.79 Å². The highest BCUT2D eigenvalue weighted by Crippen LogP contribution is 2.35. The molecule has 0 saturated heterocycles. The molecule has 37 heavy (non-hydrogen) atoms. The molecule has 1 aromatic carbocycles. The Morgan fingerprint density at radius 2 is 1.32 bits per heavy atom. The average Bonchev–Trinajstić information content (AvgIpc) is 2.75. The quantitative estimate of drug-likeness (QED) is 0.345. The van der Waals surface area contributed by atoms with Gasteiger partial charge in [0.25, 0.3) is 0 Å². The van der Waals surface area contributed by atoms with Gasteiger partial charge in [-0.3, -0.25) is 9.59 Å². The van der Waals surface area contributed by atoms with Crippen molar-refractivity contribution in [2.45, 2.75) is 77.7 Å². The van der Waals surface area contributed by atoms with Crippen molar-refractivity contribution in [1.29, 1.82) is 0 Å². The van der Waals surface area contributed by atoms with Gasteiger partial charge in [0, 0.05) is 0 Å². The summed E-state index contributed by atoms with van der Waals surface area (Å²) < 4.78 is 85.4. The largest absolute Gasteiger partial charge is 0.445 e. The first-order valence-corrected chi connectivity index (χ1v) is 11.6. The normalized spacial score (nSPS) is 14.0. The monoisotopic (exact) mass is 542 g/mol. The van der Waals surface area contributed by atoms with Gasteiger partial charge in [-0.05, 0) is 30.2 Å². The molecule has 0 aromatic heterocycles. The molecule has 0 heterocycles. The Morgan fingerprint density at radius 1 is 0.811 bits per heavy atom. The standard InChI is InChI=1S/C24H32F6N2O5/c1-14(2)10-17(19(33)13-36-21(23(25,26)27)24(28,29)30)31-20(34)18(11-15(3)4)32-22(35)37-12-16-8-6-5-7-9-16/h5-9,14-15,17-18,21H,10-13H2,1-4H3,(H,31,34)(H,32,35)/t17-,18-/m0/s1. The first-order chi connectivity index (χ1) is 17.0. The summed E-state index contributed by atoms with van der Waals surface area (Å²) in [5.41, 5.74) is 0.695. The molecule has 0 unspecified atom stereocenters. The van der Waals surface area contributed by atoms with Crippen LogP contribution in [-0.2, 0) is 25.7 Å². The molecule has 0 spiro atoms. The number of carbonyl (C=O) groups is 3. The van der Waals surface area contributed by atoms with Gasteiger partial charge in [0.05, 0.1) is 6.04 Å². The highest BCUT2D eigenvalue weighted by molar-refractivity contribution is 5.92. The lowest BCUT2D eigenvalue weighted by Gasteiger charge is -2.26. The average molecular weight is 543 g/mol. The zero-order valence-corrected chi connectivity index (χ0v) is 20.9. The molecule has 0 aliphatic heterocycles. The summed E-state index contributed by atoms with van der Waals surface area (Å²) in [6, 6.07) is 6.09. The Labute approximate surface area is 211 Å². The minimum atomic E-state index is -5.78. The Bertz CT molecular complexity index is 861. The number of ether oxygens (including phenoxy) is 2. The Balaban J connectivity index is 2.90. The van der Waals surface area contributed by atoms with E-state index in [1.807, 2.05) is 0 Å². The molecule has 7 nitrogen and oxygen atoms in total. The van der Waals surface area contributed by atoms with E-state index in [0.29, 0.717) is 5.56 Å². The predicted molar refractivity (Wildman–Crippen MR) is 121 cm³/mol. The van der Waals surface area contributed by atoms with Crippen molar-refractivity contribution in [3.8, 4) is 0 Å². The van der Waals surface area contributed by atoms with E-state index in [-0.39, 0.29) is 31.3 Å². The zero-order valence-electron chi connectivity index (χ0n) is 20.9. The third kappa shape index (κ3) is 12.3. The van der Waals surface area contributed by atoms with Gasteiger partial charge in [0.1, 0.15) is 19.3 Å². The SMILES string of the molecule is CC(C)C[C@H](NC(=O)[C@H](CC(C)C)NC(=O)OCc1ccccc1)C(=O)COC(C(F)(F)F)C(F)(F)F. The Morgan fingerprint density at radius 3 is 1.81 bits per heavy atom. The number of rotatable bonds is 13.